The molecule has 114 valence electrons. The first-order valence-corrected chi connectivity index (χ1v) is 7.30. The van der Waals surface area contributed by atoms with Gasteiger partial charge in [0, 0.05) is 37.4 Å². The third kappa shape index (κ3) is 5.45. The SMILES string of the molecule is CC(C)CCN(C)c1nccc(CNC(C)(C)C)c1F. The quantitative estimate of drug-likeness (QED) is 0.863. The zero-order valence-electron chi connectivity index (χ0n) is 13.6. The van der Waals surface area contributed by atoms with Crippen molar-refractivity contribution < 1.29 is 4.39 Å². The lowest BCUT2D eigenvalue weighted by molar-refractivity contribution is 0.418. The van der Waals surface area contributed by atoms with E-state index in [0.29, 0.717) is 23.8 Å². The number of halogens is 1. The predicted molar refractivity (Wildman–Crippen MR) is 83.5 cm³/mol. The van der Waals surface area contributed by atoms with Gasteiger partial charge in [0.05, 0.1) is 0 Å². The number of nitrogens with zero attached hydrogens (tertiary/aromatic N) is 2. The Kier molecular flexibility index (Phi) is 5.93. The van der Waals surface area contributed by atoms with Gasteiger partial charge in [-0.05, 0) is 39.2 Å². The Balaban J connectivity index is 2.78. The number of hydrogen-bond donors (Lipinski definition) is 1. The van der Waals surface area contributed by atoms with Crippen LogP contribution in [0.3, 0.4) is 0 Å². The molecule has 1 heterocycles. The van der Waals surface area contributed by atoms with Crippen molar-refractivity contribution in [1.29, 1.82) is 0 Å². The molecule has 20 heavy (non-hydrogen) atoms. The van der Waals surface area contributed by atoms with Gasteiger partial charge in [0.15, 0.2) is 11.6 Å². The van der Waals surface area contributed by atoms with E-state index >= 15 is 0 Å². The van der Waals surface area contributed by atoms with Crippen molar-refractivity contribution in [2.45, 2.75) is 53.1 Å². The van der Waals surface area contributed by atoms with Crippen molar-refractivity contribution in [2.24, 2.45) is 5.92 Å². The van der Waals surface area contributed by atoms with Gasteiger partial charge in [-0.15, -0.1) is 0 Å². The van der Waals surface area contributed by atoms with Crippen molar-refractivity contribution in [2.75, 3.05) is 18.5 Å². The molecule has 0 unspecified atom stereocenters. The molecule has 0 radical (unpaired) electrons. The van der Waals surface area contributed by atoms with Crippen LogP contribution >= 0.6 is 0 Å². The standard InChI is InChI=1S/C16H28FN3/c1-12(2)8-10-20(6)15-14(17)13(7-9-18-15)11-19-16(3,4)5/h7,9,12,19H,8,10-11H2,1-6H3. The topological polar surface area (TPSA) is 28.2 Å². The molecule has 1 aromatic heterocycles. The van der Waals surface area contributed by atoms with Gasteiger partial charge in [-0.2, -0.15) is 0 Å². The van der Waals surface area contributed by atoms with E-state index in [4.69, 9.17) is 0 Å². The molecule has 0 aliphatic rings. The molecule has 1 N–H and O–H groups in total. The van der Waals surface area contributed by atoms with Crippen molar-refractivity contribution in [3.63, 3.8) is 0 Å². The summed E-state index contributed by atoms with van der Waals surface area (Å²) in [7, 11) is 1.90. The van der Waals surface area contributed by atoms with Crippen LogP contribution < -0.4 is 10.2 Å². The molecule has 0 fully saturated rings. The average Bonchev–Trinajstić information content (AvgIpc) is 2.33. The highest BCUT2D eigenvalue weighted by Crippen LogP contribution is 2.19. The molecule has 0 saturated carbocycles. The monoisotopic (exact) mass is 281 g/mol. The molecule has 3 nitrogen and oxygen atoms in total. The van der Waals surface area contributed by atoms with Crippen LogP contribution in [-0.2, 0) is 6.54 Å². The Morgan fingerprint density at radius 1 is 1.35 bits per heavy atom. The summed E-state index contributed by atoms with van der Waals surface area (Å²) in [5.41, 5.74) is 0.640. The molecule has 0 saturated heterocycles. The van der Waals surface area contributed by atoms with Gasteiger partial charge in [-0.3, -0.25) is 0 Å². The van der Waals surface area contributed by atoms with Crippen molar-refractivity contribution in [3.05, 3.63) is 23.6 Å². The number of rotatable bonds is 6. The van der Waals surface area contributed by atoms with Crippen LogP contribution in [0, 0.1) is 11.7 Å². The Morgan fingerprint density at radius 3 is 2.55 bits per heavy atom. The number of pyridine rings is 1. The maximum atomic E-state index is 14.5. The summed E-state index contributed by atoms with van der Waals surface area (Å²) in [4.78, 5) is 6.08. The largest absolute Gasteiger partial charge is 0.357 e. The molecule has 0 amide bonds. The van der Waals surface area contributed by atoms with Gasteiger partial charge < -0.3 is 10.2 Å². The molecule has 0 aliphatic carbocycles. The zero-order chi connectivity index (χ0) is 15.3. The molecule has 0 bridgehead atoms. The summed E-state index contributed by atoms with van der Waals surface area (Å²) in [6, 6.07) is 1.74. The second-order valence-electron chi connectivity index (χ2n) is 6.82. The summed E-state index contributed by atoms with van der Waals surface area (Å²) >= 11 is 0. The van der Waals surface area contributed by atoms with Crippen LogP contribution in [0.4, 0.5) is 10.2 Å². The highest BCUT2D eigenvalue weighted by molar-refractivity contribution is 5.42. The van der Waals surface area contributed by atoms with Gasteiger partial charge in [0.25, 0.3) is 0 Å². The fraction of sp³-hybridized carbons (Fsp3) is 0.688. The predicted octanol–water partition coefficient (Wildman–Crippen LogP) is 3.59. The van der Waals surface area contributed by atoms with Crippen molar-refractivity contribution >= 4 is 5.82 Å². The fourth-order valence-corrected chi connectivity index (χ4v) is 1.79. The van der Waals surface area contributed by atoms with Crippen LogP contribution in [0.2, 0.25) is 0 Å². The summed E-state index contributed by atoms with van der Waals surface area (Å²) in [6.45, 7) is 11.9. The third-order valence-electron chi connectivity index (χ3n) is 3.16. The van der Waals surface area contributed by atoms with Gasteiger partial charge in [0.2, 0.25) is 0 Å². The molecular weight excluding hydrogens is 253 g/mol. The maximum Gasteiger partial charge on any atom is 0.170 e. The van der Waals surface area contributed by atoms with E-state index in [9.17, 15) is 4.39 Å². The van der Waals surface area contributed by atoms with E-state index in [2.05, 4.69) is 44.9 Å². The summed E-state index contributed by atoms with van der Waals surface area (Å²) in [5, 5.41) is 3.31. The second-order valence-corrected chi connectivity index (χ2v) is 6.82. The van der Waals surface area contributed by atoms with E-state index in [-0.39, 0.29) is 11.4 Å². The molecule has 1 aromatic rings. The first-order chi connectivity index (χ1) is 9.20. The first-order valence-electron chi connectivity index (χ1n) is 7.30. The van der Waals surface area contributed by atoms with Crippen LogP contribution in [0.25, 0.3) is 0 Å². The van der Waals surface area contributed by atoms with E-state index < -0.39 is 0 Å². The lowest BCUT2D eigenvalue weighted by Gasteiger charge is -2.23. The minimum absolute atomic E-state index is 0.0284. The highest BCUT2D eigenvalue weighted by Gasteiger charge is 2.15. The van der Waals surface area contributed by atoms with E-state index in [1.807, 2.05) is 11.9 Å². The smallest absolute Gasteiger partial charge is 0.170 e. The van der Waals surface area contributed by atoms with Crippen molar-refractivity contribution in [3.8, 4) is 0 Å². The lowest BCUT2D eigenvalue weighted by atomic mass is 10.1. The van der Waals surface area contributed by atoms with Crippen molar-refractivity contribution in [1.82, 2.24) is 10.3 Å². The van der Waals surface area contributed by atoms with Gasteiger partial charge in [-0.25, -0.2) is 9.37 Å². The summed E-state index contributed by atoms with van der Waals surface area (Å²) < 4.78 is 14.5. The molecule has 0 spiro atoms. The van der Waals surface area contributed by atoms with Crippen LogP contribution in [-0.4, -0.2) is 24.1 Å². The Morgan fingerprint density at radius 2 is 2.00 bits per heavy atom. The van der Waals surface area contributed by atoms with E-state index in [1.54, 1.807) is 12.3 Å². The Hall–Kier alpha value is -1.16. The Labute approximate surface area is 122 Å². The average molecular weight is 281 g/mol. The normalized spacial score (nSPS) is 12.0. The van der Waals surface area contributed by atoms with Gasteiger partial charge >= 0.3 is 0 Å². The molecule has 4 heteroatoms. The van der Waals surface area contributed by atoms with E-state index in [1.165, 1.54) is 0 Å². The Bertz CT molecular complexity index is 424. The van der Waals surface area contributed by atoms with Crippen LogP contribution in [0.15, 0.2) is 12.3 Å². The second kappa shape index (κ2) is 7.02. The first kappa shape index (κ1) is 16.9. The number of aromatic nitrogens is 1. The fourth-order valence-electron chi connectivity index (χ4n) is 1.79. The summed E-state index contributed by atoms with van der Waals surface area (Å²) in [5.74, 6) is 0.834. The van der Waals surface area contributed by atoms with Gasteiger partial charge in [0.1, 0.15) is 0 Å². The highest BCUT2D eigenvalue weighted by atomic mass is 19.1. The number of anilines is 1. The van der Waals surface area contributed by atoms with Gasteiger partial charge in [-0.1, -0.05) is 13.8 Å². The molecular formula is C16H28FN3. The number of hydrogen-bond acceptors (Lipinski definition) is 3. The van der Waals surface area contributed by atoms with E-state index in [0.717, 1.165) is 13.0 Å². The summed E-state index contributed by atoms with van der Waals surface area (Å²) in [6.07, 6.45) is 2.71. The minimum Gasteiger partial charge on any atom is -0.357 e. The molecule has 0 aliphatic heterocycles. The molecule has 1 rings (SSSR count). The molecule has 0 atom stereocenters. The lowest BCUT2D eigenvalue weighted by Crippen LogP contribution is -2.35. The number of nitrogens with one attached hydrogen (secondary N) is 1. The zero-order valence-corrected chi connectivity index (χ0v) is 13.6. The minimum atomic E-state index is -0.212. The van der Waals surface area contributed by atoms with Crippen LogP contribution in [0.5, 0.6) is 0 Å². The van der Waals surface area contributed by atoms with Crippen LogP contribution in [0.1, 0.15) is 46.6 Å². The molecule has 0 aromatic carbocycles. The maximum absolute atomic E-state index is 14.5. The third-order valence-corrected chi connectivity index (χ3v) is 3.16.